The number of alkyl halides is 3. The van der Waals surface area contributed by atoms with Crippen LogP contribution in [0, 0.1) is 0 Å². The second-order valence-electron chi connectivity index (χ2n) is 4.03. The van der Waals surface area contributed by atoms with Crippen molar-refractivity contribution < 1.29 is 13.2 Å². The number of benzene rings is 1. The van der Waals surface area contributed by atoms with Gasteiger partial charge in [0.1, 0.15) is 0 Å². The van der Waals surface area contributed by atoms with Gasteiger partial charge in [0.15, 0.2) is 0 Å². The second-order valence-corrected chi connectivity index (χ2v) is 6.32. The minimum Gasteiger partial charge on any atom is -0.309 e. The molecular weight excluding hydrogens is 339 g/mol. The first-order valence-electron chi connectivity index (χ1n) is 5.50. The fraction of sp³-hybridized carbons (Fsp3) is 0.231. The molecule has 19 heavy (non-hydrogen) atoms. The van der Waals surface area contributed by atoms with E-state index in [-0.39, 0.29) is 6.04 Å². The summed E-state index contributed by atoms with van der Waals surface area (Å²) >= 11 is 4.87. The first-order chi connectivity index (χ1) is 8.91. The van der Waals surface area contributed by atoms with E-state index in [1.54, 1.807) is 13.1 Å². The predicted octanol–water partition coefficient (Wildman–Crippen LogP) is 4.84. The number of nitrogens with one attached hydrogen (secondary N) is 1. The van der Waals surface area contributed by atoms with Crippen LogP contribution in [-0.2, 0) is 6.18 Å². The van der Waals surface area contributed by atoms with Crippen molar-refractivity contribution in [3.05, 3.63) is 56.2 Å². The molecule has 0 fully saturated rings. The Balaban J connectivity index is 2.39. The van der Waals surface area contributed by atoms with Crippen molar-refractivity contribution in [1.29, 1.82) is 0 Å². The van der Waals surface area contributed by atoms with Gasteiger partial charge >= 0.3 is 6.18 Å². The maximum Gasteiger partial charge on any atom is 0.416 e. The number of hydrogen-bond donors (Lipinski definition) is 1. The van der Waals surface area contributed by atoms with Gasteiger partial charge in [0.05, 0.1) is 15.4 Å². The van der Waals surface area contributed by atoms with E-state index in [4.69, 9.17) is 0 Å². The molecule has 6 heteroatoms. The molecule has 0 amide bonds. The Morgan fingerprint density at radius 1 is 1.21 bits per heavy atom. The van der Waals surface area contributed by atoms with Gasteiger partial charge < -0.3 is 5.32 Å². The zero-order valence-corrected chi connectivity index (χ0v) is 12.4. The van der Waals surface area contributed by atoms with Crippen molar-refractivity contribution in [3.8, 4) is 0 Å². The third kappa shape index (κ3) is 3.38. The molecule has 0 aliphatic rings. The standard InChI is InChI=1S/C13H11BrF3NS/c1-18-12(9-6-11(14)19-7-9)8-3-2-4-10(5-8)13(15,16)17/h2-7,12,18H,1H3. The van der Waals surface area contributed by atoms with E-state index in [0.29, 0.717) is 5.56 Å². The molecule has 0 aliphatic carbocycles. The van der Waals surface area contributed by atoms with Crippen LogP contribution in [0.3, 0.4) is 0 Å². The fourth-order valence-electron chi connectivity index (χ4n) is 1.90. The molecule has 2 rings (SSSR count). The molecule has 0 spiro atoms. The lowest BCUT2D eigenvalue weighted by Crippen LogP contribution is -2.18. The Morgan fingerprint density at radius 2 is 1.95 bits per heavy atom. The van der Waals surface area contributed by atoms with Gasteiger partial charge in [-0.1, -0.05) is 12.1 Å². The first-order valence-corrected chi connectivity index (χ1v) is 7.17. The average molecular weight is 350 g/mol. The van der Waals surface area contributed by atoms with E-state index in [1.165, 1.54) is 23.5 Å². The molecule has 0 radical (unpaired) electrons. The maximum absolute atomic E-state index is 12.7. The SMILES string of the molecule is CNC(c1cccc(C(F)(F)F)c1)c1csc(Br)c1. The maximum atomic E-state index is 12.7. The lowest BCUT2D eigenvalue weighted by atomic mass is 9.99. The van der Waals surface area contributed by atoms with Gasteiger partial charge in [0.2, 0.25) is 0 Å². The predicted molar refractivity (Wildman–Crippen MR) is 74.4 cm³/mol. The molecule has 0 saturated carbocycles. The van der Waals surface area contributed by atoms with Gasteiger partial charge in [-0.25, -0.2) is 0 Å². The molecule has 1 N–H and O–H groups in total. The summed E-state index contributed by atoms with van der Waals surface area (Å²) < 4.78 is 39.1. The van der Waals surface area contributed by atoms with E-state index in [2.05, 4.69) is 21.2 Å². The van der Waals surface area contributed by atoms with Crippen molar-refractivity contribution in [2.24, 2.45) is 0 Å². The quantitative estimate of drug-likeness (QED) is 0.835. The van der Waals surface area contributed by atoms with Crippen LogP contribution in [0.25, 0.3) is 0 Å². The molecule has 0 saturated heterocycles. The molecule has 1 aromatic heterocycles. The van der Waals surface area contributed by atoms with E-state index >= 15 is 0 Å². The molecule has 1 unspecified atom stereocenters. The number of rotatable bonds is 3. The van der Waals surface area contributed by atoms with Crippen molar-refractivity contribution in [3.63, 3.8) is 0 Å². The van der Waals surface area contributed by atoms with Gasteiger partial charge in [0.25, 0.3) is 0 Å². The van der Waals surface area contributed by atoms with Crippen molar-refractivity contribution >= 4 is 27.3 Å². The molecule has 1 heterocycles. The van der Waals surface area contributed by atoms with Gasteiger partial charge in [-0.05, 0) is 57.7 Å². The summed E-state index contributed by atoms with van der Waals surface area (Å²) in [6.07, 6.45) is -4.32. The van der Waals surface area contributed by atoms with Crippen LogP contribution in [-0.4, -0.2) is 7.05 Å². The summed E-state index contributed by atoms with van der Waals surface area (Å²) in [7, 11) is 1.73. The van der Waals surface area contributed by atoms with Crippen LogP contribution in [0.15, 0.2) is 39.5 Å². The Bertz CT molecular complexity index is 565. The van der Waals surface area contributed by atoms with Crippen LogP contribution >= 0.6 is 27.3 Å². The summed E-state index contributed by atoms with van der Waals surface area (Å²) in [4.78, 5) is 0. The van der Waals surface area contributed by atoms with Crippen LogP contribution < -0.4 is 5.32 Å². The Hall–Kier alpha value is -0.850. The number of hydrogen-bond acceptors (Lipinski definition) is 2. The third-order valence-electron chi connectivity index (χ3n) is 2.76. The lowest BCUT2D eigenvalue weighted by Gasteiger charge is -2.17. The molecule has 2 aromatic rings. The molecular formula is C13H11BrF3NS. The lowest BCUT2D eigenvalue weighted by molar-refractivity contribution is -0.137. The third-order valence-corrected chi connectivity index (χ3v) is 4.28. The number of thiophene rings is 1. The zero-order valence-electron chi connectivity index (χ0n) is 9.96. The van der Waals surface area contributed by atoms with Crippen LogP contribution in [0.4, 0.5) is 13.2 Å². The minimum absolute atomic E-state index is 0.246. The van der Waals surface area contributed by atoms with E-state index in [0.717, 1.165) is 15.4 Å². The minimum atomic E-state index is -4.32. The Kier molecular flexibility index (Phi) is 4.32. The summed E-state index contributed by atoms with van der Waals surface area (Å²) in [6.45, 7) is 0. The molecule has 1 aromatic carbocycles. The highest BCUT2D eigenvalue weighted by Crippen LogP contribution is 2.33. The molecule has 0 bridgehead atoms. The van der Waals surface area contributed by atoms with Crippen LogP contribution in [0.2, 0.25) is 0 Å². The molecule has 102 valence electrons. The van der Waals surface area contributed by atoms with Crippen LogP contribution in [0.1, 0.15) is 22.7 Å². The largest absolute Gasteiger partial charge is 0.416 e. The zero-order chi connectivity index (χ0) is 14.0. The molecule has 1 atom stereocenters. The average Bonchev–Trinajstić information content (AvgIpc) is 2.76. The van der Waals surface area contributed by atoms with Crippen molar-refractivity contribution in [2.75, 3.05) is 7.05 Å². The topological polar surface area (TPSA) is 12.0 Å². The van der Waals surface area contributed by atoms with Crippen molar-refractivity contribution in [2.45, 2.75) is 12.2 Å². The smallest absolute Gasteiger partial charge is 0.309 e. The second kappa shape index (κ2) is 5.64. The van der Waals surface area contributed by atoms with Crippen LogP contribution in [0.5, 0.6) is 0 Å². The first kappa shape index (κ1) is 14.6. The Morgan fingerprint density at radius 3 is 2.47 bits per heavy atom. The summed E-state index contributed by atoms with van der Waals surface area (Å²) in [5.74, 6) is 0. The van der Waals surface area contributed by atoms with Crippen molar-refractivity contribution in [1.82, 2.24) is 5.32 Å². The highest BCUT2D eigenvalue weighted by molar-refractivity contribution is 9.11. The monoisotopic (exact) mass is 349 g/mol. The summed E-state index contributed by atoms with van der Waals surface area (Å²) in [5, 5.41) is 4.97. The van der Waals surface area contributed by atoms with E-state index < -0.39 is 11.7 Å². The van der Waals surface area contributed by atoms with E-state index in [9.17, 15) is 13.2 Å². The summed E-state index contributed by atoms with van der Waals surface area (Å²) in [6, 6.07) is 7.06. The Labute approximate surface area is 121 Å². The highest BCUT2D eigenvalue weighted by atomic mass is 79.9. The highest BCUT2D eigenvalue weighted by Gasteiger charge is 2.31. The molecule has 1 nitrogen and oxygen atoms in total. The van der Waals surface area contributed by atoms with Gasteiger partial charge in [-0.3, -0.25) is 0 Å². The fourth-order valence-corrected chi connectivity index (χ4v) is 3.10. The van der Waals surface area contributed by atoms with Gasteiger partial charge in [-0.15, -0.1) is 11.3 Å². The molecule has 0 aliphatic heterocycles. The normalized spacial score (nSPS) is 13.5. The summed E-state index contributed by atoms with van der Waals surface area (Å²) in [5.41, 5.74) is 0.917. The number of halogens is 4. The van der Waals surface area contributed by atoms with Gasteiger partial charge in [-0.2, -0.15) is 13.2 Å². The van der Waals surface area contributed by atoms with Gasteiger partial charge in [0, 0.05) is 0 Å². The van der Waals surface area contributed by atoms with E-state index in [1.807, 2.05) is 11.4 Å².